The first-order valence-corrected chi connectivity index (χ1v) is 9.05. The topological polar surface area (TPSA) is 38.1 Å². The lowest BCUT2D eigenvalue weighted by atomic mass is 10.1. The van der Waals surface area contributed by atoms with Crippen LogP contribution in [0.4, 0.5) is 0 Å². The Kier molecular flexibility index (Phi) is 4.22. The number of amides is 1. The second kappa shape index (κ2) is 6.52. The van der Waals surface area contributed by atoms with Gasteiger partial charge in [0.15, 0.2) is 0 Å². The van der Waals surface area contributed by atoms with E-state index in [1.807, 2.05) is 65.0 Å². The second-order valence-electron chi connectivity index (χ2n) is 6.53. The summed E-state index contributed by atoms with van der Waals surface area (Å²) in [6, 6.07) is 15.4. The molecule has 1 aliphatic rings. The Morgan fingerprint density at radius 2 is 1.84 bits per heavy atom. The third-order valence-corrected chi connectivity index (χ3v) is 5.09. The quantitative estimate of drug-likeness (QED) is 0.693. The van der Waals surface area contributed by atoms with Gasteiger partial charge in [0.05, 0.1) is 5.52 Å². The van der Waals surface area contributed by atoms with Crippen molar-refractivity contribution < 1.29 is 4.79 Å². The van der Waals surface area contributed by atoms with Gasteiger partial charge in [-0.25, -0.2) is 0 Å². The van der Waals surface area contributed by atoms with E-state index in [2.05, 4.69) is 0 Å². The molecule has 3 aromatic rings. The predicted molar refractivity (Wildman–Crippen MR) is 101 cm³/mol. The van der Waals surface area contributed by atoms with Gasteiger partial charge in [-0.05, 0) is 38.0 Å². The Balaban J connectivity index is 1.83. The summed E-state index contributed by atoms with van der Waals surface area (Å²) in [5.74, 6) is 0.136. The van der Waals surface area contributed by atoms with Crippen LogP contribution in [-0.4, -0.2) is 33.7 Å². The zero-order valence-electron chi connectivity index (χ0n) is 14.2. The maximum absolute atomic E-state index is 12.8. The zero-order valence-corrected chi connectivity index (χ0v) is 14.9. The highest BCUT2D eigenvalue weighted by molar-refractivity contribution is 6.31. The smallest absolute Gasteiger partial charge is 0.247 e. The number of benzene rings is 2. The third kappa shape index (κ3) is 2.91. The van der Waals surface area contributed by atoms with Crippen LogP contribution in [-0.2, 0) is 4.79 Å². The molecule has 2 aromatic carbocycles. The Labute approximate surface area is 152 Å². The van der Waals surface area contributed by atoms with Crippen molar-refractivity contribution in [2.75, 3.05) is 13.1 Å². The molecule has 4 nitrogen and oxygen atoms in total. The molecule has 0 radical (unpaired) electrons. The number of carbonyl (C=O) groups excluding carboxylic acids is 1. The van der Waals surface area contributed by atoms with Crippen LogP contribution in [0.2, 0.25) is 5.02 Å². The number of likely N-dealkylation sites (tertiary alicyclic amines) is 1. The highest BCUT2D eigenvalue weighted by Crippen LogP contribution is 2.32. The van der Waals surface area contributed by atoms with Crippen LogP contribution in [0.3, 0.4) is 0 Å². The molecule has 0 aliphatic carbocycles. The maximum Gasteiger partial charge on any atom is 0.247 e. The van der Waals surface area contributed by atoms with Gasteiger partial charge in [-0.3, -0.25) is 9.48 Å². The zero-order chi connectivity index (χ0) is 17.4. The largest absolute Gasteiger partial charge is 0.341 e. The van der Waals surface area contributed by atoms with Crippen molar-refractivity contribution in [2.45, 2.75) is 25.8 Å². The normalized spacial score (nSPS) is 15.7. The summed E-state index contributed by atoms with van der Waals surface area (Å²) in [5.41, 5.74) is 2.82. The number of rotatable bonds is 3. The van der Waals surface area contributed by atoms with E-state index in [1.165, 1.54) is 0 Å². The first kappa shape index (κ1) is 16.2. The van der Waals surface area contributed by atoms with E-state index in [0.29, 0.717) is 5.02 Å². The molecule has 1 aromatic heterocycles. The standard InChI is InChI=1S/C20H20ClN3O/c1-14(20(25)23-11-5-6-12-23)24-18-10-9-16(21)13-17(18)19(22-24)15-7-3-2-4-8-15/h2-4,7-10,13-14H,5-6,11-12H2,1H3/t14-/m1/s1. The molecule has 1 saturated heterocycles. The lowest BCUT2D eigenvalue weighted by Crippen LogP contribution is -2.34. The van der Waals surface area contributed by atoms with E-state index in [9.17, 15) is 4.79 Å². The molecule has 0 bridgehead atoms. The molecule has 4 rings (SSSR count). The van der Waals surface area contributed by atoms with Gasteiger partial charge in [-0.15, -0.1) is 0 Å². The summed E-state index contributed by atoms with van der Waals surface area (Å²) in [7, 11) is 0. The molecule has 1 aliphatic heterocycles. The molecule has 5 heteroatoms. The lowest BCUT2D eigenvalue weighted by molar-refractivity contribution is -0.133. The van der Waals surface area contributed by atoms with E-state index in [0.717, 1.165) is 48.1 Å². The minimum Gasteiger partial charge on any atom is -0.341 e. The second-order valence-corrected chi connectivity index (χ2v) is 6.97. The molecule has 128 valence electrons. The average Bonchev–Trinajstić information content (AvgIpc) is 3.29. The SMILES string of the molecule is C[C@H](C(=O)N1CCCC1)n1nc(-c2ccccc2)c2cc(Cl)ccc21. The molecule has 1 atom stereocenters. The number of carbonyl (C=O) groups is 1. The Bertz CT molecular complexity index is 913. The molecular weight excluding hydrogens is 334 g/mol. The van der Waals surface area contributed by atoms with Gasteiger partial charge in [-0.2, -0.15) is 5.10 Å². The summed E-state index contributed by atoms with van der Waals surface area (Å²) in [6.45, 7) is 3.62. The van der Waals surface area contributed by atoms with Gasteiger partial charge in [0.25, 0.3) is 0 Å². The fourth-order valence-electron chi connectivity index (χ4n) is 3.52. The monoisotopic (exact) mass is 353 g/mol. The van der Waals surface area contributed by atoms with Crippen LogP contribution < -0.4 is 0 Å². The van der Waals surface area contributed by atoms with Gasteiger partial charge in [0.1, 0.15) is 11.7 Å². The van der Waals surface area contributed by atoms with Crippen molar-refractivity contribution in [3.05, 3.63) is 53.6 Å². The van der Waals surface area contributed by atoms with Crippen LogP contribution in [0.25, 0.3) is 22.2 Å². The van der Waals surface area contributed by atoms with Crippen molar-refractivity contribution in [1.29, 1.82) is 0 Å². The number of hydrogen-bond acceptors (Lipinski definition) is 2. The molecule has 0 N–H and O–H groups in total. The van der Waals surface area contributed by atoms with E-state index < -0.39 is 0 Å². The van der Waals surface area contributed by atoms with Gasteiger partial charge in [0.2, 0.25) is 5.91 Å². The van der Waals surface area contributed by atoms with Gasteiger partial charge >= 0.3 is 0 Å². The highest BCUT2D eigenvalue weighted by atomic mass is 35.5. The van der Waals surface area contributed by atoms with Gasteiger partial charge < -0.3 is 4.90 Å². The van der Waals surface area contributed by atoms with Crippen LogP contribution in [0, 0.1) is 0 Å². The number of aromatic nitrogens is 2. The fourth-order valence-corrected chi connectivity index (χ4v) is 3.70. The molecule has 0 saturated carbocycles. The summed E-state index contributed by atoms with van der Waals surface area (Å²) in [6.07, 6.45) is 2.17. The van der Waals surface area contributed by atoms with Crippen molar-refractivity contribution in [3.8, 4) is 11.3 Å². The van der Waals surface area contributed by atoms with Crippen molar-refractivity contribution in [3.63, 3.8) is 0 Å². The molecule has 25 heavy (non-hydrogen) atoms. The minimum absolute atomic E-state index is 0.136. The predicted octanol–water partition coefficient (Wildman–Crippen LogP) is 4.54. The Hall–Kier alpha value is -2.33. The average molecular weight is 354 g/mol. The third-order valence-electron chi connectivity index (χ3n) is 4.86. The van der Waals surface area contributed by atoms with Crippen LogP contribution in [0.15, 0.2) is 48.5 Å². The first-order chi connectivity index (χ1) is 12.1. The number of halogens is 1. The van der Waals surface area contributed by atoms with Crippen LogP contribution in [0.5, 0.6) is 0 Å². The molecule has 2 heterocycles. The Morgan fingerprint density at radius 1 is 1.12 bits per heavy atom. The molecule has 0 unspecified atom stereocenters. The van der Waals surface area contributed by atoms with Gasteiger partial charge in [0, 0.05) is 29.1 Å². The molecule has 1 fully saturated rings. The molecule has 1 amide bonds. The van der Waals surface area contributed by atoms with Crippen LogP contribution in [0.1, 0.15) is 25.8 Å². The summed E-state index contributed by atoms with van der Waals surface area (Å²) >= 11 is 6.22. The van der Waals surface area contributed by atoms with Crippen LogP contribution >= 0.6 is 11.6 Å². The minimum atomic E-state index is -0.334. The maximum atomic E-state index is 12.8. The van der Waals surface area contributed by atoms with E-state index in [1.54, 1.807) is 0 Å². The van der Waals surface area contributed by atoms with Crippen molar-refractivity contribution in [1.82, 2.24) is 14.7 Å². The lowest BCUT2D eigenvalue weighted by Gasteiger charge is -2.21. The van der Waals surface area contributed by atoms with E-state index >= 15 is 0 Å². The number of fused-ring (bicyclic) bond motifs is 1. The summed E-state index contributed by atoms with van der Waals surface area (Å²) in [5, 5.41) is 6.44. The van der Waals surface area contributed by atoms with Gasteiger partial charge in [-0.1, -0.05) is 41.9 Å². The molecular formula is C20H20ClN3O. The summed E-state index contributed by atoms with van der Waals surface area (Å²) < 4.78 is 1.84. The number of hydrogen-bond donors (Lipinski definition) is 0. The Morgan fingerprint density at radius 3 is 2.56 bits per heavy atom. The van der Waals surface area contributed by atoms with E-state index in [4.69, 9.17) is 16.7 Å². The van der Waals surface area contributed by atoms with E-state index in [-0.39, 0.29) is 11.9 Å². The summed E-state index contributed by atoms with van der Waals surface area (Å²) in [4.78, 5) is 14.8. The fraction of sp³-hybridized carbons (Fsp3) is 0.300. The van der Waals surface area contributed by atoms with Crippen molar-refractivity contribution in [2.24, 2.45) is 0 Å². The molecule has 0 spiro atoms. The highest BCUT2D eigenvalue weighted by Gasteiger charge is 2.27. The van der Waals surface area contributed by atoms with Crippen molar-refractivity contribution >= 4 is 28.4 Å². The first-order valence-electron chi connectivity index (χ1n) is 8.67. The number of nitrogens with zero attached hydrogens (tertiary/aromatic N) is 3.